The van der Waals surface area contributed by atoms with E-state index in [0.717, 1.165) is 63.8 Å². The average Bonchev–Trinajstić information content (AvgIpc) is 3.42. The molecule has 0 aliphatic carbocycles. The van der Waals surface area contributed by atoms with Crippen LogP contribution in [0.25, 0.3) is 0 Å². The van der Waals surface area contributed by atoms with Crippen LogP contribution in [0.1, 0.15) is 58.7 Å². The third kappa shape index (κ3) is 7.64. The highest BCUT2D eigenvalue weighted by Crippen LogP contribution is 2.20. The van der Waals surface area contributed by atoms with Crippen molar-refractivity contribution in [3.05, 3.63) is 12.2 Å². The highest BCUT2D eigenvalue weighted by Gasteiger charge is 2.27. The number of nitrogens with zero attached hydrogens (tertiary/aromatic N) is 5. The fourth-order valence-corrected chi connectivity index (χ4v) is 4.10. The summed E-state index contributed by atoms with van der Waals surface area (Å²) in [7, 11) is 0. The number of hydrogen-bond acceptors (Lipinski definition) is 5. The van der Waals surface area contributed by atoms with Gasteiger partial charge >= 0.3 is 0 Å². The van der Waals surface area contributed by atoms with Gasteiger partial charge in [-0.05, 0) is 52.6 Å². The highest BCUT2D eigenvalue weighted by atomic mass is 127. The summed E-state index contributed by atoms with van der Waals surface area (Å²) in [6, 6.07) is 0. The molecule has 3 heterocycles. The average molecular weight is 534 g/mol. The number of ether oxygens (including phenoxy) is 1. The van der Waals surface area contributed by atoms with Crippen molar-refractivity contribution in [2.75, 3.05) is 39.3 Å². The number of guanidine groups is 1. The number of aromatic nitrogens is 3. The molecule has 0 radical (unpaired) electrons. The maximum atomic E-state index is 5.76. The van der Waals surface area contributed by atoms with Crippen LogP contribution in [0.5, 0.6) is 0 Å². The normalized spacial score (nSPS) is 20.8. The zero-order valence-electron chi connectivity index (χ0n) is 18.9. The number of nitrogens with one attached hydrogen (secondary N) is 2. The van der Waals surface area contributed by atoms with E-state index in [1.165, 1.54) is 32.4 Å². The van der Waals surface area contributed by atoms with Crippen molar-refractivity contribution in [3.8, 4) is 0 Å². The van der Waals surface area contributed by atoms with Gasteiger partial charge in [0.1, 0.15) is 12.2 Å². The topological polar surface area (TPSA) is 79.6 Å². The number of halogens is 1. The molecule has 0 saturated carbocycles. The monoisotopic (exact) mass is 533 g/mol. The van der Waals surface area contributed by atoms with Crippen molar-refractivity contribution in [2.24, 2.45) is 4.99 Å². The van der Waals surface area contributed by atoms with Crippen LogP contribution in [0, 0.1) is 0 Å². The molecule has 172 valence electrons. The molecule has 0 amide bonds. The van der Waals surface area contributed by atoms with Crippen LogP contribution in [-0.2, 0) is 17.7 Å². The molecule has 30 heavy (non-hydrogen) atoms. The van der Waals surface area contributed by atoms with Gasteiger partial charge in [-0.2, -0.15) is 0 Å². The minimum Gasteiger partial charge on any atom is -0.376 e. The molecule has 9 heteroatoms. The third-order valence-corrected chi connectivity index (χ3v) is 6.01. The second kappa shape index (κ2) is 12.8. The Bertz CT molecular complexity index is 637. The van der Waals surface area contributed by atoms with Crippen LogP contribution in [0.4, 0.5) is 0 Å². The molecule has 2 aliphatic rings. The van der Waals surface area contributed by atoms with Crippen molar-refractivity contribution >= 4 is 29.9 Å². The zero-order valence-corrected chi connectivity index (χ0v) is 21.2. The summed E-state index contributed by atoms with van der Waals surface area (Å²) in [5.41, 5.74) is 0.0720. The van der Waals surface area contributed by atoms with Gasteiger partial charge in [0.15, 0.2) is 5.96 Å². The van der Waals surface area contributed by atoms with Crippen LogP contribution < -0.4 is 10.6 Å². The molecule has 1 aromatic rings. The van der Waals surface area contributed by atoms with Crippen molar-refractivity contribution in [1.29, 1.82) is 0 Å². The number of aryl methyl sites for hydroxylation is 1. The van der Waals surface area contributed by atoms with Gasteiger partial charge in [0.2, 0.25) is 0 Å². The van der Waals surface area contributed by atoms with Crippen molar-refractivity contribution in [3.63, 3.8) is 0 Å². The van der Waals surface area contributed by atoms with E-state index in [1.807, 2.05) is 0 Å². The molecule has 1 aromatic heterocycles. The number of aliphatic imine (C=N–C) groups is 1. The molecule has 0 aromatic carbocycles. The van der Waals surface area contributed by atoms with Crippen LogP contribution in [0.2, 0.25) is 0 Å². The van der Waals surface area contributed by atoms with Gasteiger partial charge in [0.05, 0.1) is 12.6 Å². The van der Waals surface area contributed by atoms with E-state index in [0.29, 0.717) is 6.10 Å². The minimum atomic E-state index is 0. The van der Waals surface area contributed by atoms with Crippen LogP contribution >= 0.6 is 24.0 Å². The lowest BCUT2D eigenvalue weighted by atomic mass is 9.99. The van der Waals surface area contributed by atoms with Crippen molar-refractivity contribution < 1.29 is 4.74 Å². The van der Waals surface area contributed by atoms with E-state index in [1.54, 1.807) is 6.33 Å². The molecule has 0 bridgehead atoms. The quantitative estimate of drug-likeness (QED) is 0.289. The van der Waals surface area contributed by atoms with Gasteiger partial charge in [-0.3, -0.25) is 9.89 Å². The van der Waals surface area contributed by atoms with Gasteiger partial charge in [-0.25, -0.2) is 0 Å². The first-order valence-corrected chi connectivity index (χ1v) is 11.3. The van der Waals surface area contributed by atoms with Crippen molar-refractivity contribution in [1.82, 2.24) is 30.3 Å². The largest absolute Gasteiger partial charge is 0.376 e. The first kappa shape index (κ1) is 25.3. The highest BCUT2D eigenvalue weighted by molar-refractivity contribution is 14.0. The Kier molecular flexibility index (Phi) is 10.8. The van der Waals surface area contributed by atoms with E-state index in [2.05, 4.69) is 51.1 Å². The van der Waals surface area contributed by atoms with Gasteiger partial charge in [0, 0.05) is 38.2 Å². The molecule has 2 saturated heterocycles. The van der Waals surface area contributed by atoms with Gasteiger partial charge in [-0.15, -0.1) is 34.2 Å². The Hall–Kier alpha value is -0.940. The summed E-state index contributed by atoms with van der Waals surface area (Å²) in [6.07, 6.45) is 9.22. The summed E-state index contributed by atoms with van der Waals surface area (Å²) >= 11 is 0. The lowest BCUT2D eigenvalue weighted by Gasteiger charge is -2.40. The SMILES string of the molecule is CCc1nncn1CCNC(=NCC(C)(C)N1CCCCC1)NCC1CCCO1.I. The van der Waals surface area contributed by atoms with Gasteiger partial charge < -0.3 is 19.9 Å². The Balaban J connectivity index is 0.00000320. The number of hydrogen-bond donors (Lipinski definition) is 2. The first-order chi connectivity index (χ1) is 14.1. The lowest BCUT2D eigenvalue weighted by molar-refractivity contribution is 0.102. The standard InChI is InChI=1S/C21H39N7O.HI/c1-4-19-26-25-17-27(19)13-10-22-20(23-15-18-9-8-14-29-18)24-16-21(2,3)28-11-6-5-7-12-28;/h17-18H,4-16H2,1-3H3,(H2,22,23,24);1H. The van der Waals surface area contributed by atoms with Crippen LogP contribution in [-0.4, -0.2) is 76.6 Å². The number of rotatable bonds is 9. The third-order valence-electron chi connectivity index (χ3n) is 6.01. The maximum Gasteiger partial charge on any atom is 0.191 e. The van der Waals surface area contributed by atoms with Crippen LogP contribution in [0.3, 0.4) is 0 Å². The molecule has 2 fully saturated rings. The molecule has 8 nitrogen and oxygen atoms in total. The zero-order chi connectivity index (χ0) is 20.5. The Morgan fingerprint density at radius 3 is 2.73 bits per heavy atom. The summed E-state index contributed by atoms with van der Waals surface area (Å²) in [4.78, 5) is 7.54. The smallest absolute Gasteiger partial charge is 0.191 e. The minimum absolute atomic E-state index is 0. The van der Waals surface area contributed by atoms with E-state index in [9.17, 15) is 0 Å². The van der Waals surface area contributed by atoms with E-state index in [-0.39, 0.29) is 29.5 Å². The second-order valence-corrected chi connectivity index (χ2v) is 8.76. The number of likely N-dealkylation sites (tertiary alicyclic amines) is 1. The molecular weight excluding hydrogens is 493 g/mol. The second-order valence-electron chi connectivity index (χ2n) is 8.76. The Morgan fingerprint density at radius 2 is 2.03 bits per heavy atom. The summed E-state index contributed by atoms with van der Waals surface area (Å²) in [5, 5.41) is 15.2. The summed E-state index contributed by atoms with van der Waals surface area (Å²) in [6.45, 7) is 13.2. The maximum absolute atomic E-state index is 5.76. The molecule has 1 unspecified atom stereocenters. The van der Waals surface area contributed by atoms with E-state index < -0.39 is 0 Å². The van der Waals surface area contributed by atoms with Crippen LogP contribution in [0.15, 0.2) is 11.3 Å². The molecule has 3 rings (SSSR count). The fourth-order valence-electron chi connectivity index (χ4n) is 4.10. The Morgan fingerprint density at radius 1 is 1.23 bits per heavy atom. The van der Waals surface area contributed by atoms with Crippen molar-refractivity contribution in [2.45, 2.75) is 77.5 Å². The summed E-state index contributed by atoms with van der Waals surface area (Å²) in [5.74, 6) is 1.89. The van der Waals surface area contributed by atoms with E-state index >= 15 is 0 Å². The molecule has 1 atom stereocenters. The lowest BCUT2D eigenvalue weighted by Crippen LogP contribution is -2.50. The van der Waals surface area contributed by atoms with Gasteiger partial charge in [-0.1, -0.05) is 13.3 Å². The van der Waals surface area contributed by atoms with E-state index in [4.69, 9.17) is 9.73 Å². The fraction of sp³-hybridized carbons (Fsp3) is 0.857. The Labute approximate surface area is 198 Å². The predicted molar refractivity (Wildman–Crippen MR) is 132 cm³/mol. The first-order valence-electron chi connectivity index (χ1n) is 11.3. The molecule has 0 spiro atoms. The molecule has 2 aliphatic heterocycles. The predicted octanol–water partition coefficient (Wildman–Crippen LogP) is 2.44. The summed E-state index contributed by atoms with van der Waals surface area (Å²) < 4.78 is 7.86. The number of piperidine rings is 1. The molecule has 2 N–H and O–H groups in total. The van der Waals surface area contributed by atoms with Gasteiger partial charge in [0.25, 0.3) is 0 Å². The molecular formula is C21H40IN7O.